The van der Waals surface area contributed by atoms with Crippen molar-refractivity contribution in [3.63, 3.8) is 0 Å². The molecule has 0 spiro atoms. The van der Waals surface area contributed by atoms with E-state index in [2.05, 4.69) is 15.5 Å². The van der Waals surface area contributed by atoms with Gasteiger partial charge in [-0.05, 0) is 17.7 Å². The Morgan fingerprint density at radius 1 is 1.00 bits per heavy atom. The second kappa shape index (κ2) is 6.37. The van der Waals surface area contributed by atoms with E-state index in [1.54, 1.807) is 18.4 Å². The van der Waals surface area contributed by atoms with Crippen molar-refractivity contribution in [1.29, 1.82) is 0 Å². The highest BCUT2D eigenvalue weighted by atomic mass is 32.1. The normalized spacial score (nSPS) is 10.3. The highest BCUT2D eigenvalue weighted by molar-refractivity contribution is 7.18. The van der Waals surface area contributed by atoms with Crippen LogP contribution in [-0.4, -0.2) is 17.3 Å². The minimum absolute atomic E-state index is 0.716. The van der Waals surface area contributed by atoms with Gasteiger partial charge in [0.05, 0.1) is 7.11 Å². The molecular formula is C16H15N3OS. The first-order chi connectivity index (χ1) is 10.3. The summed E-state index contributed by atoms with van der Waals surface area (Å²) < 4.78 is 5.14. The van der Waals surface area contributed by atoms with Crippen LogP contribution in [0.25, 0.3) is 10.6 Å². The lowest BCUT2D eigenvalue weighted by Crippen LogP contribution is -1.98. The Morgan fingerprint density at radius 3 is 2.48 bits per heavy atom. The molecule has 0 aliphatic carbocycles. The van der Waals surface area contributed by atoms with Crippen LogP contribution in [0.4, 0.5) is 5.13 Å². The molecule has 106 valence electrons. The largest absolute Gasteiger partial charge is 0.497 e. The summed E-state index contributed by atoms with van der Waals surface area (Å²) in [7, 11) is 1.67. The van der Waals surface area contributed by atoms with Crippen LogP contribution >= 0.6 is 11.3 Å². The molecule has 1 heterocycles. The van der Waals surface area contributed by atoms with Crippen molar-refractivity contribution >= 4 is 16.5 Å². The second-order valence-corrected chi connectivity index (χ2v) is 5.46. The maximum atomic E-state index is 5.14. The molecule has 0 atom stereocenters. The predicted octanol–water partition coefficient (Wildman–Crippen LogP) is 3.83. The summed E-state index contributed by atoms with van der Waals surface area (Å²) in [5, 5.41) is 13.4. The fraction of sp³-hybridized carbons (Fsp3) is 0.125. The minimum atomic E-state index is 0.716. The highest BCUT2D eigenvalue weighted by Crippen LogP contribution is 2.26. The first kappa shape index (κ1) is 13.6. The summed E-state index contributed by atoms with van der Waals surface area (Å²) in [6, 6.07) is 18.0. The lowest BCUT2D eigenvalue weighted by Gasteiger charge is -2.03. The van der Waals surface area contributed by atoms with Gasteiger partial charge in [-0.1, -0.05) is 53.8 Å². The zero-order chi connectivity index (χ0) is 14.5. The van der Waals surface area contributed by atoms with Crippen molar-refractivity contribution in [3.05, 3.63) is 60.2 Å². The van der Waals surface area contributed by atoms with Gasteiger partial charge in [0.25, 0.3) is 0 Å². The number of nitrogens with one attached hydrogen (secondary N) is 1. The molecule has 5 heteroatoms. The molecule has 3 rings (SSSR count). The molecule has 1 N–H and O–H groups in total. The van der Waals surface area contributed by atoms with Crippen LogP contribution in [0.2, 0.25) is 0 Å². The lowest BCUT2D eigenvalue weighted by molar-refractivity contribution is 0.414. The van der Waals surface area contributed by atoms with Gasteiger partial charge >= 0.3 is 0 Å². The van der Waals surface area contributed by atoms with Crippen LogP contribution in [0.15, 0.2) is 54.6 Å². The van der Waals surface area contributed by atoms with Crippen LogP contribution < -0.4 is 10.1 Å². The lowest BCUT2D eigenvalue weighted by atomic mass is 10.2. The van der Waals surface area contributed by atoms with Crippen LogP contribution in [0, 0.1) is 0 Å². The van der Waals surface area contributed by atoms with E-state index in [1.165, 1.54) is 5.56 Å². The van der Waals surface area contributed by atoms with E-state index in [-0.39, 0.29) is 0 Å². The molecule has 4 nitrogen and oxygen atoms in total. The van der Waals surface area contributed by atoms with Gasteiger partial charge in [0.2, 0.25) is 5.13 Å². The number of nitrogens with zero attached hydrogens (tertiary/aromatic N) is 2. The molecular weight excluding hydrogens is 282 g/mol. The molecule has 2 aromatic carbocycles. The Kier molecular flexibility index (Phi) is 4.12. The number of methoxy groups -OCH3 is 1. The molecule has 0 aliphatic heterocycles. The summed E-state index contributed by atoms with van der Waals surface area (Å²) >= 11 is 1.55. The molecule has 0 saturated heterocycles. The van der Waals surface area contributed by atoms with E-state index < -0.39 is 0 Å². The zero-order valence-electron chi connectivity index (χ0n) is 11.6. The van der Waals surface area contributed by atoms with Gasteiger partial charge < -0.3 is 10.1 Å². The van der Waals surface area contributed by atoms with Gasteiger partial charge in [0.1, 0.15) is 10.8 Å². The van der Waals surface area contributed by atoms with Gasteiger partial charge in [-0.25, -0.2) is 0 Å². The fourth-order valence-electron chi connectivity index (χ4n) is 1.91. The van der Waals surface area contributed by atoms with Crippen LogP contribution in [0.3, 0.4) is 0 Å². The van der Waals surface area contributed by atoms with Crippen molar-refractivity contribution in [2.45, 2.75) is 6.54 Å². The first-order valence-corrected chi connectivity index (χ1v) is 7.42. The smallest absolute Gasteiger partial charge is 0.206 e. The van der Waals surface area contributed by atoms with Crippen molar-refractivity contribution < 1.29 is 4.74 Å². The summed E-state index contributed by atoms with van der Waals surface area (Å²) in [6.07, 6.45) is 0. The van der Waals surface area contributed by atoms with Gasteiger partial charge in [0, 0.05) is 12.1 Å². The first-order valence-electron chi connectivity index (χ1n) is 6.61. The Bertz CT molecular complexity index is 695. The number of benzene rings is 2. The number of rotatable bonds is 5. The molecule has 21 heavy (non-hydrogen) atoms. The van der Waals surface area contributed by atoms with Crippen molar-refractivity contribution in [1.82, 2.24) is 10.2 Å². The average Bonchev–Trinajstić information content (AvgIpc) is 3.03. The summed E-state index contributed by atoms with van der Waals surface area (Å²) in [5.74, 6) is 0.862. The molecule has 0 unspecified atom stereocenters. The zero-order valence-corrected chi connectivity index (χ0v) is 12.4. The Hall–Kier alpha value is -2.40. The Morgan fingerprint density at radius 2 is 1.76 bits per heavy atom. The molecule has 0 bridgehead atoms. The average molecular weight is 297 g/mol. The Balaban J connectivity index is 1.64. The number of ether oxygens (including phenoxy) is 1. The topological polar surface area (TPSA) is 47.0 Å². The maximum Gasteiger partial charge on any atom is 0.206 e. The fourth-order valence-corrected chi connectivity index (χ4v) is 2.66. The number of aromatic nitrogens is 2. The molecule has 0 radical (unpaired) electrons. The van der Waals surface area contributed by atoms with Crippen LogP contribution in [0.1, 0.15) is 5.56 Å². The molecule has 0 saturated carbocycles. The molecule has 0 aliphatic rings. The monoisotopic (exact) mass is 297 g/mol. The third kappa shape index (κ3) is 3.38. The van der Waals surface area contributed by atoms with Crippen LogP contribution in [-0.2, 0) is 6.54 Å². The second-order valence-electron chi connectivity index (χ2n) is 4.48. The molecule has 0 fully saturated rings. The van der Waals surface area contributed by atoms with Crippen LogP contribution in [0.5, 0.6) is 5.75 Å². The number of hydrogen-bond donors (Lipinski definition) is 1. The number of anilines is 1. The van der Waals surface area contributed by atoms with Crippen molar-refractivity contribution in [2.75, 3.05) is 12.4 Å². The summed E-state index contributed by atoms with van der Waals surface area (Å²) in [5.41, 5.74) is 2.26. The predicted molar refractivity (Wildman–Crippen MR) is 85.7 cm³/mol. The number of hydrogen-bond acceptors (Lipinski definition) is 5. The molecule has 1 aromatic heterocycles. The molecule has 0 amide bonds. The van der Waals surface area contributed by atoms with E-state index in [0.29, 0.717) is 6.54 Å². The highest BCUT2D eigenvalue weighted by Gasteiger charge is 2.05. The van der Waals surface area contributed by atoms with E-state index in [1.807, 2.05) is 54.6 Å². The summed E-state index contributed by atoms with van der Waals surface area (Å²) in [4.78, 5) is 0. The van der Waals surface area contributed by atoms with E-state index in [9.17, 15) is 0 Å². The summed E-state index contributed by atoms with van der Waals surface area (Å²) in [6.45, 7) is 0.716. The quantitative estimate of drug-likeness (QED) is 0.777. The van der Waals surface area contributed by atoms with Crippen molar-refractivity contribution in [3.8, 4) is 16.3 Å². The third-order valence-electron chi connectivity index (χ3n) is 3.05. The maximum absolute atomic E-state index is 5.14. The third-order valence-corrected chi connectivity index (χ3v) is 3.98. The SMILES string of the molecule is COc1ccc(CNc2nnc(-c3ccccc3)s2)cc1. The van der Waals surface area contributed by atoms with E-state index >= 15 is 0 Å². The minimum Gasteiger partial charge on any atom is -0.497 e. The van der Waals surface area contributed by atoms with E-state index in [4.69, 9.17) is 4.74 Å². The Labute approximate surface area is 127 Å². The van der Waals surface area contributed by atoms with Gasteiger partial charge in [0.15, 0.2) is 0 Å². The van der Waals surface area contributed by atoms with Gasteiger partial charge in [-0.2, -0.15) is 0 Å². The molecule has 3 aromatic rings. The van der Waals surface area contributed by atoms with E-state index in [0.717, 1.165) is 21.5 Å². The van der Waals surface area contributed by atoms with Crippen molar-refractivity contribution in [2.24, 2.45) is 0 Å². The van der Waals surface area contributed by atoms with Gasteiger partial charge in [-0.3, -0.25) is 0 Å². The van der Waals surface area contributed by atoms with Gasteiger partial charge in [-0.15, -0.1) is 10.2 Å². The standard InChI is InChI=1S/C16H15N3OS/c1-20-14-9-7-12(8-10-14)11-17-16-19-18-15(21-16)13-5-3-2-4-6-13/h2-10H,11H2,1H3,(H,17,19).